The zero-order valence-corrected chi connectivity index (χ0v) is 14.8. The summed E-state index contributed by atoms with van der Waals surface area (Å²) in [7, 11) is 0. The molecular formula is C20H19NO3S. The number of fused-ring (bicyclic) bond motifs is 1. The molecule has 3 rings (SSSR count). The molecule has 0 atom stereocenters. The summed E-state index contributed by atoms with van der Waals surface area (Å²) in [5.41, 5.74) is 2.95. The second-order valence-electron chi connectivity index (χ2n) is 5.71. The summed E-state index contributed by atoms with van der Waals surface area (Å²) >= 11 is 1.73. The van der Waals surface area contributed by atoms with Crippen LogP contribution in [0.2, 0.25) is 0 Å². The number of thioether (sulfide) groups is 1. The Balaban J connectivity index is 1.56. The first-order chi connectivity index (χ1) is 12.1. The molecule has 0 unspecified atom stereocenters. The van der Waals surface area contributed by atoms with E-state index in [-0.39, 0.29) is 12.5 Å². The number of amides is 1. The fourth-order valence-electron chi connectivity index (χ4n) is 2.53. The highest BCUT2D eigenvalue weighted by atomic mass is 32.2. The minimum atomic E-state index is -0.520. The van der Waals surface area contributed by atoms with Crippen molar-refractivity contribution in [3.05, 3.63) is 65.7 Å². The van der Waals surface area contributed by atoms with E-state index < -0.39 is 5.97 Å². The minimum absolute atomic E-state index is 0.204. The van der Waals surface area contributed by atoms with E-state index in [4.69, 9.17) is 4.74 Å². The minimum Gasteiger partial charge on any atom is -0.452 e. The van der Waals surface area contributed by atoms with Crippen molar-refractivity contribution in [2.24, 2.45) is 0 Å². The molecule has 0 fully saturated rings. The normalized spacial score (nSPS) is 13.6. The number of nitrogens with zero attached hydrogens (tertiary/aromatic N) is 1. The van der Waals surface area contributed by atoms with Gasteiger partial charge in [0.15, 0.2) is 6.61 Å². The third-order valence-electron chi connectivity index (χ3n) is 3.86. The van der Waals surface area contributed by atoms with Crippen LogP contribution in [-0.2, 0) is 14.3 Å². The number of esters is 1. The summed E-state index contributed by atoms with van der Waals surface area (Å²) in [5, 5.41) is 0. The van der Waals surface area contributed by atoms with E-state index in [2.05, 4.69) is 0 Å². The van der Waals surface area contributed by atoms with Gasteiger partial charge in [-0.25, -0.2) is 4.79 Å². The van der Waals surface area contributed by atoms with E-state index in [0.29, 0.717) is 6.54 Å². The molecule has 1 aliphatic rings. The smallest absolute Gasteiger partial charge is 0.331 e. The van der Waals surface area contributed by atoms with Crippen LogP contribution in [0.3, 0.4) is 0 Å². The molecule has 25 heavy (non-hydrogen) atoms. The van der Waals surface area contributed by atoms with Gasteiger partial charge in [0.05, 0.1) is 5.69 Å². The van der Waals surface area contributed by atoms with Gasteiger partial charge in [0.2, 0.25) is 0 Å². The molecule has 1 amide bonds. The molecule has 0 spiro atoms. The number of carbonyl (C=O) groups excluding carboxylic acids is 2. The molecule has 128 valence electrons. The Hall–Kier alpha value is -2.53. The Labute approximate surface area is 151 Å². The van der Waals surface area contributed by atoms with Gasteiger partial charge in [0.25, 0.3) is 5.91 Å². The molecule has 0 saturated heterocycles. The maximum absolute atomic E-state index is 12.4. The van der Waals surface area contributed by atoms with Crippen LogP contribution in [0.15, 0.2) is 59.5 Å². The number of benzene rings is 2. The highest BCUT2D eigenvalue weighted by Crippen LogP contribution is 2.34. The molecule has 0 bridgehead atoms. The summed E-state index contributed by atoms with van der Waals surface area (Å²) in [6.07, 6.45) is 3.02. The van der Waals surface area contributed by atoms with E-state index in [1.807, 2.05) is 55.5 Å². The van der Waals surface area contributed by atoms with Gasteiger partial charge in [-0.15, -0.1) is 11.8 Å². The van der Waals surface area contributed by atoms with E-state index in [1.54, 1.807) is 22.7 Å². The Kier molecular flexibility index (Phi) is 5.56. The lowest BCUT2D eigenvalue weighted by Crippen LogP contribution is -2.38. The van der Waals surface area contributed by atoms with Crippen molar-refractivity contribution in [3.63, 3.8) is 0 Å². The number of rotatable bonds is 4. The molecule has 0 N–H and O–H groups in total. The highest BCUT2D eigenvalue weighted by molar-refractivity contribution is 7.99. The lowest BCUT2D eigenvalue weighted by molar-refractivity contribution is -0.142. The van der Waals surface area contributed by atoms with Gasteiger partial charge in [-0.2, -0.15) is 0 Å². The molecule has 0 radical (unpaired) electrons. The molecule has 4 nitrogen and oxygen atoms in total. The van der Waals surface area contributed by atoms with Gasteiger partial charge in [0.1, 0.15) is 0 Å². The molecule has 2 aromatic rings. The van der Waals surface area contributed by atoms with Crippen molar-refractivity contribution in [3.8, 4) is 0 Å². The van der Waals surface area contributed by atoms with E-state index in [1.165, 1.54) is 6.08 Å². The monoisotopic (exact) mass is 353 g/mol. The Morgan fingerprint density at radius 2 is 1.92 bits per heavy atom. The summed E-state index contributed by atoms with van der Waals surface area (Å²) in [6.45, 7) is 2.37. The quantitative estimate of drug-likeness (QED) is 0.621. The Bertz CT molecular complexity index is 799. The summed E-state index contributed by atoms with van der Waals surface area (Å²) in [4.78, 5) is 27.0. The molecule has 5 heteroatoms. The number of carbonyl (C=O) groups is 2. The van der Waals surface area contributed by atoms with Gasteiger partial charge >= 0.3 is 5.97 Å². The lowest BCUT2D eigenvalue weighted by Gasteiger charge is -2.28. The maximum Gasteiger partial charge on any atom is 0.331 e. The molecule has 0 saturated carbocycles. The Morgan fingerprint density at radius 1 is 1.16 bits per heavy atom. The summed E-state index contributed by atoms with van der Waals surface area (Å²) in [6, 6.07) is 15.6. The SMILES string of the molecule is Cc1ccc(/C=C/C(=O)OCC(=O)N2CCSc3ccccc32)cc1. The van der Waals surface area contributed by atoms with Crippen LogP contribution in [-0.4, -0.2) is 30.8 Å². The van der Waals surface area contributed by atoms with Gasteiger partial charge in [-0.05, 0) is 30.7 Å². The van der Waals surface area contributed by atoms with Gasteiger partial charge in [-0.3, -0.25) is 4.79 Å². The average molecular weight is 353 g/mol. The second kappa shape index (κ2) is 8.03. The van der Waals surface area contributed by atoms with E-state index in [9.17, 15) is 9.59 Å². The largest absolute Gasteiger partial charge is 0.452 e. The zero-order valence-electron chi connectivity index (χ0n) is 14.0. The summed E-state index contributed by atoms with van der Waals surface area (Å²) in [5.74, 6) is 0.114. The van der Waals surface area contributed by atoms with Crippen LogP contribution in [0.5, 0.6) is 0 Å². The number of para-hydroxylation sites is 1. The van der Waals surface area contributed by atoms with Crippen LogP contribution in [0.4, 0.5) is 5.69 Å². The lowest BCUT2D eigenvalue weighted by atomic mass is 10.1. The topological polar surface area (TPSA) is 46.6 Å². The molecule has 0 aliphatic carbocycles. The van der Waals surface area contributed by atoms with Gasteiger partial charge in [0, 0.05) is 23.3 Å². The molecule has 1 heterocycles. The van der Waals surface area contributed by atoms with Crippen molar-refractivity contribution < 1.29 is 14.3 Å². The zero-order chi connectivity index (χ0) is 17.6. The first-order valence-electron chi connectivity index (χ1n) is 8.07. The molecule has 0 aromatic heterocycles. The van der Waals surface area contributed by atoms with Crippen molar-refractivity contribution in [2.75, 3.05) is 23.8 Å². The van der Waals surface area contributed by atoms with Crippen molar-refractivity contribution >= 4 is 35.4 Å². The van der Waals surface area contributed by atoms with Crippen LogP contribution < -0.4 is 4.90 Å². The third-order valence-corrected chi connectivity index (χ3v) is 4.90. The van der Waals surface area contributed by atoms with E-state index >= 15 is 0 Å². The third kappa shape index (κ3) is 4.51. The number of hydrogen-bond donors (Lipinski definition) is 0. The second-order valence-corrected chi connectivity index (χ2v) is 6.85. The predicted molar refractivity (Wildman–Crippen MR) is 101 cm³/mol. The first-order valence-corrected chi connectivity index (χ1v) is 9.06. The Morgan fingerprint density at radius 3 is 2.72 bits per heavy atom. The van der Waals surface area contributed by atoms with Crippen LogP contribution >= 0.6 is 11.8 Å². The first kappa shape index (κ1) is 17.3. The van der Waals surface area contributed by atoms with Crippen LogP contribution in [0.25, 0.3) is 6.08 Å². The molecule has 1 aliphatic heterocycles. The summed E-state index contributed by atoms with van der Waals surface area (Å²) < 4.78 is 5.09. The van der Waals surface area contributed by atoms with Crippen LogP contribution in [0, 0.1) is 6.92 Å². The van der Waals surface area contributed by atoms with Crippen molar-refractivity contribution in [1.82, 2.24) is 0 Å². The molecular weight excluding hydrogens is 334 g/mol. The van der Waals surface area contributed by atoms with Crippen molar-refractivity contribution in [2.45, 2.75) is 11.8 Å². The van der Waals surface area contributed by atoms with Crippen LogP contribution in [0.1, 0.15) is 11.1 Å². The maximum atomic E-state index is 12.4. The number of aryl methyl sites for hydroxylation is 1. The fraction of sp³-hybridized carbons (Fsp3) is 0.200. The highest BCUT2D eigenvalue weighted by Gasteiger charge is 2.23. The number of ether oxygens (including phenoxy) is 1. The van der Waals surface area contributed by atoms with Gasteiger partial charge < -0.3 is 9.64 Å². The van der Waals surface area contributed by atoms with Crippen molar-refractivity contribution in [1.29, 1.82) is 0 Å². The molecule has 2 aromatic carbocycles. The number of hydrogen-bond acceptors (Lipinski definition) is 4. The fourth-order valence-corrected chi connectivity index (χ4v) is 3.52. The average Bonchev–Trinajstić information content (AvgIpc) is 2.65. The predicted octanol–water partition coefficient (Wildman–Crippen LogP) is 3.69. The standard InChI is InChI=1S/C20H19NO3S/c1-15-6-8-16(9-7-15)10-11-20(23)24-14-19(22)21-12-13-25-18-5-3-2-4-17(18)21/h2-11H,12-14H2,1H3/b11-10+. The number of anilines is 1. The van der Waals surface area contributed by atoms with E-state index in [0.717, 1.165) is 27.5 Å². The van der Waals surface area contributed by atoms with Gasteiger partial charge in [-0.1, -0.05) is 42.0 Å².